The van der Waals surface area contributed by atoms with E-state index < -0.39 is 23.1 Å². The summed E-state index contributed by atoms with van der Waals surface area (Å²) in [6.45, 7) is 2.55. The fourth-order valence-electron chi connectivity index (χ4n) is 5.41. The van der Waals surface area contributed by atoms with Crippen LogP contribution in [0.15, 0.2) is 42.5 Å². The number of anilines is 1. The molecule has 1 unspecified atom stereocenters. The Kier molecular flexibility index (Phi) is 7.04. The van der Waals surface area contributed by atoms with Gasteiger partial charge in [-0.3, -0.25) is 4.79 Å². The van der Waals surface area contributed by atoms with Crippen molar-refractivity contribution >= 4 is 11.6 Å². The van der Waals surface area contributed by atoms with Gasteiger partial charge in [-0.25, -0.2) is 4.39 Å². The first kappa shape index (κ1) is 25.0. The number of likely N-dealkylation sites (tertiary alicyclic amines) is 1. The Morgan fingerprint density at radius 1 is 1.20 bits per heavy atom. The van der Waals surface area contributed by atoms with Gasteiger partial charge in [0.25, 0.3) is 0 Å². The Morgan fingerprint density at radius 2 is 1.91 bits per heavy atom. The van der Waals surface area contributed by atoms with Crippen molar-refractivity contribution in [2.24, 2.45) is 11.3 Å². The molecular formula is C26H27F4N3O2. The minimum Gasteiger partial charge on any atom is -0.384 e. The normalized spacial score (nSPS) is 19.7. The summed E-state index contributed by atoms with van der Waals surface area (Å²) in [6, 6.07) is 11.7. The van der Waals surface area contributed by atoms with E-state index in [9.17, 15) is 22.4 Å². The summed E-state index contributed by atoms with van der Waals surface area (Å²) in [5.41, 5.74) is -0.745. The standard InChI is InChI=1S/C26H27F4N3O2/c1-35-16-20-15-33(24(34)12-18-4-2-3-5-23(18)27)17-25(20)8-10-32(11-9-25)21-7-6-19(14-31)22(13-21)26(28,29)30/h2-7,13,20H,8-12,15-17H2,1H3. The zero-order valence-corrected chi connectivity index (χ0v) is 19.4. The van der Waals surface area contributed by atoms with Gasteiger partial charge in [0.1, 0.15) is 5.82 Å². The molecule has 0 bridgehead atoms. The maximum Gasteiger partial charge on any atom is 0.417 e. The second-order valence-electron chi connectivity index (χ2n) is 9.38. The highest BCUT2D eigenvalue weighted by Crippen LogP contribution is 2.46. The van der Waals surface area contributed by atoms with Gasteiger partial charge in [-0.1, -0.05) is 18.2 Å². The molecule has 1 spiro atoms. The van der Waals surface area contributed by atoms with Crippen molar-refractivity contribution in [1.82, 2.24) is 4.90 Å². The molecule has 2 aromatic carbocycles. The molecule has 2 aromatic rings. The van der Waals surface area contributed by atoms with Crippen LogP contribution in [0.5, 0.6) is 0 Å². The summed E-state index contributed by atoms with van der Waals surface area (Å²) in [5, 5.41) is 9.05. The summed E-state index contributed by atoms with van der Waals surface area (Å²) in [6.07, 6.45) is -3.25. The van der Waals surface area contributed by atoms with E-state index in [-0.39, 0.29) is 23.7 Å². The minimum absolute atomic E-state index is 0.0138. The highest BCUT2D eigenvalue weighted by atomic mass is 19.4. The molecule has 2 heterocycles. The monoisotopic (exact) mass is 489 g/mol. The number of ether oxygens (including phenoxy) is 1. The molecule has 0 radical (unpaired) electrons. The smallest absolute Gasteiger partial charge is 0.384 e. The number of amides is 1. The van der Waals surface area contributed by atoms with Gasteiger partial charge in [0.2, 0.25) is 5.91 Å². The van der Waals surface area contributed by atoms with Gasteiger partial charge >= 0.3 is 6.18 Å². The Morgan fingerprint density at radius 3 is 2.54 bits per heavy atom. The zero-order chi connectivity index (χ0) is 25.2. The lowest BCUT2D eigenvalue weighted by Gasteiger charge is -2.43. The number of rotatable bonds is 5. The van der Waals surface area contributed by atoms with Gasteiger partial charge in [0, 0.05) is 44.9 Å². The molecule has 0 aromatic heterocycles. The number of carbonyl (C=O) groups is 1. The number of methoxy groups -OCH3 is 1. The average molecular weight is 490 g/mol. The molecule has 0 aliphatic carbocycles. The summed E-state index contributed by atoms with van der Waals surface area (Å²) >= 11 is 0. The van der Waals surface area contributed by atoms with Crippen LogP contribution in [0.1, 0.15) is 29.5 Å². The second-order valence-corrected chi connectivity index (χ2v) is 9.38. The molecule has 4 rings (SSSR count). The highest BCUT2D eigenvalue weighted by molar-refractivity contribution is 5.79. The van der Waals surface area contributed by atoms with E-state index in [1.54, 1.807) is 42.3 Å². The van der Waals surface area contributed by atoms with Crippen molar-refractivity contribution in [2.45, 2.75) is 25.4 Å². The number of hydrogen-bond acceptors (Lipinski definition) is 4. The SMILES string of the molecule is COCC1CN(C(=O)Cc2ccccc2F)CC12CCN(c1ccc(C#N)c(C(F)(F)F)c1)CC2. The van der Waals surface area contributed by atoms with Crippen LogP contribution in [0.2, 0.25) is 0 Å². The largest absolute Gasteiger partial charge is 0.417 e. The second kappa shape index (κ2) is 9.86. The lowest BCUT2D eigenvalue weighted by Crippen LogP contribution is -2.45. The predicted octanol–water partition coefficient (Wildman–Crippen LogP) is 4.65. The summed E-state index contributed by atoms with van der Waals surface area (Å²) in [5.74, 6) is -0.458. The minimum atomic E-state index is -4.60. The molecule has 1 atom stereocenters. The quantitative estimate of drug-likeness (QED) is 0.574. The Labute approximate surface area is 201 Å². The topological polar surface area (TPSA) is 56.6 Å². The van der Waals surface area contributed by atoms with E-state index in [1.807, 2.05) is 4.90 Å². The molecule has 9 heteroatoms. The van der Waals surface area contributed by atoms with Gasteiger partial charge in [-0.05, 0) is 48.1 Å². The molecule has 2 saturated heterocycles. The van der Waals surface area contributed by atoms with E-state index in [0.717, 1.165) is 6.07 Å². The maximum absolute atomic E-state index is 14.1. The molecule has 2 aliphatic heterocycles. The molecule has 5 nitrogen and oxygen atoms in total. The predicted molar refractivity (Wildman–Crippen MR) is 122 cm³/mol. The lowest BCUT2D eigenvalue weighted by molar-refractivity contribution is -0.137. The number of carbonyl (C=O) groups excluding carboxylic acids is 1. The van der Waals surface area contributed by atoms with Crippen LogP contribution in [0.3, 0.4) is 0 Å². The fraction of sp³-hybridized carbons (Fsp3) is 0.462. The van der Waals surface area contributed by atoms with Crippen LogP contribution in [0.4, 0.5) is 23.2 Å². The van der Waals surface area contributed by atoms with E-state index in [1.165, 1.54) is 12.1 Å². The number of halogens is 4. The van der Waals surface area contributed by atoms with Gasteiger partial charge in [0.05, 0.1) is 30.2 Å². The Balaban J connectivity index is 1.48. The molecule has 35 heavy (non-hydrogen) atoms. The molecule has 2 fully saturated rings. The van der Waals surface area contributed by atoms with E-state index in [4.69, 9.17) is 10.00 Å². The zero-order valence-electron chi connectivity index (χ0n) is 19.4. The fourth-order valence-corrected chi connectivity index (χ4v) is 5.41. The average Bonchev–Trinajstić information content (AvgIpc) is 3.18. The number of benzene rings is 2. The van der Waals surface area contributed by atoms with Crippen molar-refractivity contribution in [2.75, 3.05) is 44.8 Å². The molecule has 186 valence electrons. The van der Waals surface area contributed by atoms with Crippen molar-refractivity contribution in [3.8, 4) is 6.07 Å². The van der Waals surface area contributed by atoms with Gasteiger partial charge in [-0.15, -0.1) is 0 Å². The number of piperidine rings is 1. The Hall–Kier alpha value is -3.12. The van der Waals surface area contributed by atoms with Crippen LogP contribution in [-0.2, 0) is 22.1 Å². The van der Waals surface area contributed by atoms with E-state index in [2.05, 4.69) is 0 Å². The molecule has 0 saturated carbocycles. The van der Waals surface area contributed by atoms with Crippen LogP contribution in [0.25, 0.3) is 0 Å². The maximum atomic E-state index is 14.1. The molecule has 2 aliphatic rings. The van der Waals surface area contributed by atoms with E-state index >= 15 is 0 Å². The van der Waals surface area contributed by atoms with Crippen LogP contribution >= 0.6 is 0 Å². The summed E-state index contributed by atoms with van der Waals surface area (Å²) in [4.78, 5) is 16.7. The highest BCUT2D eigenvalue weighted by Gasteiger charge is 2.49. The first-order chi connectivity index (χ1) is 16.7. The molecule has 0 N–H and O–H groups in total. The first-order valence-corrected chi connectivity index (χ1v) is 11.5. The third kappa shape index (κ3) is 5.13. The van der Waals surface area contributed by atoms with Gasteiger partial charge in [-0.2, -0.15) is 18.4 Å². The number of nitriles is 1. The lowest BCUT2D eigenvalue weighted by atomic mass is 9.71. The number of nitrogens with zero attached hydrogens (tertiary/aromatic N) is 3. The Bertz CT molecular complexity index is 1120. The molecule has 1 amide bonds. The third-order valence-electron chi connectivity index (χ3n) is 7.39. The molecular weight excluding hydrogens is 462 g/mol. The van der Waals surface area contributed by atoms with Crippen LogP contribution < -0.4 is 4.90 Å². The van der Waals surface area contributed by atoms with Crippen LogP contribution in [0, 0.1) is 28.5 Å². The third-order valence-corrected chi connectivity index (χ3v) is 7.39. The summed E-state index contributed by atoms with van der Waals surface area (Å²) < 4.78 is 59.7. The van der Waals surface area contributed by atoms with Gasteiger partial charge in [0.15, 0.2) is 0 Å². The first-order valence-electron chi connectivity index (χ1n) is 11.5. The summed E-state index contributed by atoms with van der Waals surface area (Å²) in [7, 11) is 1.61. The number of alkyl halides is 3. The van der Waals surface area contributed by atoms with Crippen LogP contribution in [-0.4, -0.2) is 50.7 Å². The van der Waals surface area contributed by atoms with Crippen molar-refractivity contribution in [3.63, 3.8) is 0 Å². The number of hydrogen-bond donors (Lipinski definition) is 0. The van der Waals surface area contributed by atoms with Crippen molar-refractivity contribution in [3.05, 3.63) is 65.0 Å². The van der Waals surface area contributed by atoms with Crippen molar-refractivity contribution < 1.29 is 27.1 Å². The van der Waals surface area contributed by atoms with E-state index in [0.29, 0.717) is 56.9 Å². The van der Waals surface area contributed by atoms with Gasteiger partial charge < -0.3 is 14.5 Å². The van der Waals surface area contributed by atoms with Crippen molar-refractivity contribution in [1.29, 1.82) is 5.26 Å².